The van der Waals surface area contributed by atoms with Crippen LogP contribution >= 0.6 is 0 Å². The predicted molar refractivity (Wildman–Crippen MR) is 65.4 cm³/mol. The first kappa shape index (κ1) is 12.2. The van der Waals surface area contributed by atoms with Crippen molar-refractivity contribution < 1.29 is 9.34 Å². The van der Waals surface area contributed by atoms with Crippen LogP contribution in [0.4, 0.5) is 11.5 Å². The number of nitro groups is 1. The second-order valence-corrected chi connectivity index (χ2v) is 4.05. The molecule has 0 aliphatic heterocycles. The molecule has 2 heterocycles. The summed E-state index contributed by atoms with van der Waals surface area (Å²) in [5.41, 5.74) is 0.409. The Morgan fingerprint density at radius 2 is 2.50 bits per heavy atom. The first-order valence-corrected chi connectivity index (χ1v) is 5.63. The second kappa shape index (κ2) is 5.35. The van der Waals surface area contributed by atoms with Crippen molar-refractivity contribution in [2.45, 2.75) is 25.8 Å². The predicted octanol–water partition coefficient (Wildman–Crippen LogP) is 2.34. The molecule has 0 aromatic carbocycles. The molecule has 2 aromatic rings. The fourth-order valence-electron chi connectivity index (χ4n) is 1.68. The van der Waals surface area contributed by atoms with E-state index >= 15 is 0 Å². The molecule has 0 aliphatic carbocycles. The topological polar surface area (TPSA) is 97.0 Å². The molecule has 1 unspecified atom stereocenters. The number of hydrogen-bond donors (Lipinski definition) is 2. The maximum atomic E-state index is 10.7. The minimum absolute atomic E-state index is 0.0893. The Bertz CT molecular complexity index is 506. The highest BCUT2D eigenvalue weighted by molar-refractivity contribution is 5.55. The molecule has 96 valence electrons. The Morgan fingerprint density at radius 3 is 3.17 bits per heavy atom. The lowest BCUT2D eigenvalue weighted by molar-refractivity contribution is -0.388. The number of hydrogen-bond acceptors (Lipinski definition) is 5. The Balaban J connectivity index is 1.88. The van der Waals surface area contributed by atoms with Crippen molar-refractivity contribution in [3.05, 3.63) is 40.5 Å². The van der Waals surface area contributed by atoms with Crippen LogP contribution in [0.3, 0.4) is 0 Å². The van der Waals surface area contributed by atoms with Crippen LogP contribution in [0.15, 0.2) is 29.0 Å². The number of H-pyrrole nitrogens is 1. The van der Waals surface area contributed by atoms with Gasteiger partial charge in [-0.25, -0.2) is 0 Å². The van der Waals surface area contributed by atoms with Gasteiger partial charge in [-0.05, 0) is 30.4 Å². The zero-order chi connectivity index (χ0) is 13.0. The molecule has 0 bridgehead atoms. The second-order valence-electron chi connectivity index (χ2n) is 4.05. The van der Waals surface area contributed by atoms with Gasteiger partial charge in [0, 0.05) is 12.5 Å². The third-order valence-electron chi connectivity index (χ3n) is 2.61. The average Bonchev–Trinajstić information content (AvgIpc) is 2.96. The summed E-state index contributed by atoms with van der Waals surface area (Å²) in [6, 6.07) is 3.84. The van der Waals surface area contributed by atoms with Crippen LogP contribution in [-0.4, -0.2) is 21.2 Å². The number of nitrogens with one attached hydrogen (secondary N) is 2. The van der Waals surface area contributed by atoms with Crippen molar-refractivity contribution in [1.82, 2.24) is 10.2 Å². The van der Waals surface area contributed by atoms with Crippen molar-refractivity contribution in [2.75, 3.05) is 5.32 Å². The normalized spacial score (nSPS) is 12.3. The summed E-state index contributed by atoms with van der Waals surface area (Å²) < 4.78 is 5.23. The number of aromatic nitrogens is 2. The van der Waals surface area contributed by atoms with E-state index in [4.69, 9.17) is 4.42 Å². The number of rotatable bonds is 6. The molecule has 2 aromatic heterocycles. The largest absolute Gasteiger partial charge is 0.469 e. The molecule has 2 N–H and O–H groups in total. The van der Waals surface area contributed by atoms with Gasteiger partial charge in [0.2, 0.25) is 0 Å². The molecular weight excluding hydrogens is 236 g/mol. The van der Waals surface area contributed by atoms with E-state index in [-0.39, 0.29) is 11.9 Å². The fraction of sp³-hybridized carbons (Fsp3) is 0.364. The molecule has 0 saturated carbocycles. The first-order chi connectivity index (χ1) is 8.66. The Labute approximate surface area is 103 Å². The molecule has 7 heteroatoms. The van der Waals surface area contributed by atoms with Crippen molar-refractivity contribution in [3.63, 3.8) is 0 Å². The third kappa shape index (κ3) is 2.88. The maximum Gasteiger partial charge on any atom is 0.366 e. The Kier molecular flexibility index (Phi) is 3.61. The quantitative estimate of drug-likeness (QED) is 0.605. The minimum Gasteiger partial charge on any atom is -0.469 e. The van der Waals surface area contributed by atoms with E-state index in [0.29, 0.717) is 5.69 Å². The van der Waals surface area contributed by atoms with Crippen molar-refractivity contribution >= 4 is 11.5 Å². The summed E-state index contributed by atoms with van der Waals surface area (Å²) in [4.78, 5) is 10.2. The van der Waals surface area contributed by atoms with E-state index < -0.39 is 4.92 Å². The van der Waals surface area contributed by atoms with Crippen LogP contribution in [0, 0.1) is 10.1 Å². The van der Waals surface area contributed by atoms with Crippen LogP contribution in [0.5, 0.6) is 0 Å². The highest BCUT2D eigenvalue weighted by Crippen LogP contribution is 2.21. The maximum absolute atomic E-state index is 10.7. The minimum atomic E-state index is -0.491. The summed E-state index contributed by atoms with van der Waals surface area (Å²) in [6.45, 7) is 1.96. The zero-order valence-corrected chi connectivity index (χ0v) is 9.92. The van der Waals surface area contributed by atoms with Crippen molar-refractivity contribution in [1.29, 1.82) is 0 Å². The molecule has 0 fully saturated rings. The van der Waals surface area contributed by atoms with Crippen LogP contribution in [0.1, 0.15) is 19.1 Å². The molecule has 18 heavy (non-hydrogen) atoms. The molecule has 2 rings (SSSR count). The monoisotopic (exact) mass is 250 g/mol. The summed E-state index contributed by atoms with van der Waals surface area (Å²) in [6.07, 6.45) is 4.65. The van der Waals surface area contributed by atoms with Gasteiger partial charge in [-0.1, -0.05) is 5.10 Å². The van der Waals surface area contributed by atoms with E-state index in [0.717, 1.165) is 18.6 Å². The van der Waals surface area contributed by atoms with E-state index in [1.54, 1.807) is 6.26 Å². The van der Waals surface area contributed by atoms with Gasteiger partial charge in [-0.3, -0.25) is 0 Å². The average molecular weight is 250 g/mol. The molecule has 1 atom stereocenters. The number of anilines is 1. The van der Waals surface area contributed by atoms with Crippen LogP contribution in [0.2, 0.25) is 0 Å². The first-order valence-electron chi connectivity index (χ1n) is 5.63. The lowest BCUT2D eigenvalue weighted by Gasteiger charge is -2.12. The third-order valence-corrected chi connectivity index (χ3v) is 2.61. The Hall–Kier alpha value is -2.31. The smallest absolute Gasteiger partial charge is 0.366 e. The number of nitrogens with zero attached hydrogens (tertiary/aromatic N) is 2. The van der Waals surface area contributed by atoms with Gasteiger partial charge in [0.05, 0.1) is 6.26 Å². The molecule has 0 spiro atoms. The molecule has 0 amide bonds. The lowest BCUT2D eigenvalue weighted by Crippen LogP contribution is -2.16. The summed E-state index contributed by atoms with van der Waals surface area (Å²) in [5, 5.41) is 19.8. The van der Waals surface area contributed by atoms with Gasteiger partial charge in [0.15, 0.2) is 5.69 Å². The van der Waals surface area contributed by atoms with E-state index in [2.05, 4.69) is 15.5 Å². The summed E-state index contributed by atoms with van der Waals surface area (Å²) in [5.74, 6) is 0.796. The molecular formula is C11H14N4O3. The summed E-state index contributed by atoms with van der Waals surface area (Å²) >= 11 is 0. The number of furan rings is 1. The van der Waals surface area contributed by atoms with Gasteiger partial charge in [0.1, 0.15) is 12.0 Å². The van der Waals surface area contributed by atoms with Crippen molar-refractivity contribution in [3.8, 4) is 0 Å². The molecule has 0 aliphatic rings. The van der Waals surface area contributed by atoms with E-state index in [1.165, 1.54) is 6.20 Å². The van der Waals surface area contributed by atoms with Crippen LogP contribution in [0.25, 0.3) is 0 Å². The van der Waals surface area contributed by atoms with E-state index in [1.807, 2.05) is 19.1 Å². The lowest BCUT2D eigenvalue weighted by atomic mass is 10.1. The number of aromatic amines is 1. The highest BCUT2D eigenvalue weighted by Gasteiger charge is 2.16. The molecule has 7 nitrogen and oxygen atoms in total. The van der Waals surface area contributed by atoms with Crippen LogP contribution in [-0.2, 0) is 6.42 Å². The molecule has 0 saturated heterocycles. The number of aryl methyl sites for hydroxylation is 1. The van der Waals surface area contributed by atoms with Gasteiger partial charge >= 0.3 is 5.82 Å². The summed E-state index contributed by atoms with van der Waals surface area (Å²) in [7, 11) is 0. The molecule has 0 radical (unpaired) electrons. The van der Waals surface area contributed by atoms with Gasteiger partial charge in [-0.15, -0.1) is 5.10 Å². The van der Waals surface area contributed by atoms with Gasteiger partial charge in [-0.2, -0.15) is 0 Å². The fourth-order valence-corrected chi connectivity index (χ4v) is 1.68. The van der Waals surface area contributed by atoms with Crippen LogP contribution < -0.4 is 5.32 Å². The van der Waals surface area contributed by atoms with Crippen molar-refractivity contribution in [2.24, 2.45) is 0 Å². The highest BCUT2D eigenvalue weighted by atomic mass is 16.6. The van der Waals surface area contributed by atoms with Gasteiger partial charge in [0.25, 0.3) is 0 Å². The zero-order valence-electron chi connectivity index (χ0n) is 9.92. The standard InChI is InChI=1S/C11H14N4O3/c1-8(4-5-9-3-2-6-18-9)13-10-7-12-14-11(10)15(16)17/h2-3,6-8,13H,4-5H2,1H3,(H,12,14). The Morgan fingerprint density at radius 1 is 1.67 bits per heavy atom. The SMILES string of the molecule is CC(CCc1ccco1)Nc1cn[nH]c1[N+](=O)[O-]. The van der Waals surface area contributed by atoms with E-state index in [9.17, 15) is 10.1 Å². The van der Waals surface area contributed by atoms with Gasteiger partial charge < -0.3 is 19.8 Å².